The summed E-state index contributed by atoms with van der Waals surface area (Å²) in [7, 11) is 0. The van der Waals surface area contributed by atoms with Crippen LogP contribution in [0.15, 0.2) is 30.6 Å². The van der Waals surface area contributed by atoms with Crippen molar-refractivity contribution in [2.75, 3.05) is 17.6 Å². The minimum atomic E-state index is 0.288. The fourth-order valence-corrected chi connectivity index (χ4v) is 1.83. The molecule has 1 aromatic carbocycles. The summed E-state index contributed by atoms with van der Waals surface area (Å²) in [5.74, 6) is 0. The summed E-state index contributed by atoms with van der Waals surface area (Å²) in [5.41, 5.74) is 8.17. The average Bonchev–Trinajstić information content (AvgIpc) is 2.38. The van der Waals surface area contributed by atoms with E-state index in [-0.39, 0.29) is 5.41 Å². The number of pyridine rings is 1. The molecule has 0 aliphatic carbocycles. The van der Waals surface area contributed by atoms with Crippen LogP contribution in [-0.2, 0) is 0 Å². The molecule has 0 saturated heterocycles. The molecule has 0 aliphatic rings. The van der Waals surface area contributed by atoms with Crippen LogP contribution in [0.25, 0.3) is 10.8 Å². The lowest BCUT2D eigenvalue weighted by Gasteiger charge is -2.24. The minimum Gasteiger partial charge on any atom is -0.398 e. The summed E-state index contributed by atoms with van der Waals surface area (Å²) in [5, 5.41) is 5.66. The first kappa shape index (κ1) is 12.7. The fourth-order valence-electron chi connectivity index (χ4n) is 1.83. The number of benzene rings is 1. The molecule has 0 bridgehead atoms. The molecule has 2 rings (SSSR count). The van der Waals surface area contributed by atoms with Gasteiger partial charge >= 0.3 is 0 Å². The molecule has 3 N–H and O–H groups in total. The Morgan fingerprint density at radius 2 is 2.00 bits per heavy atom. The third-order valence-electron chi connectivity index (χ3n) is 3.57. The second kappa shape index (κ2) is 4.84. The van der Waals surface area contributed by atoms with Crippen molar-refractivity contribution in [3.05, 3.63) is 30.6 Å². The molecule has 0 saturated carbocycles. The topological polar surface area (TPSA) is 50.9 Å². The third-order valence-corrected chi connectivity index (χ3v) is 3.57. The molecule has 1 heterocycles. The quantitative estimate of drug-likeness (QED) is 0.806. The summed E-state index contributed by atoms with van der Waals surface area (Å²) in [6, 6.07) is 5.94. The maximum Gasteiger partial charge on any atom is 0.0437 e. The van der Waals surface area contributed by atoms with Gasteiger partial charge in [-0.15, -0.1) is 0 Å². The fraction of sp³-hybridized carbons (Fsp3) is 0.400. The highest BCUT2D eigenvalue weighted by molar-refractivity contribution is 6.00. The molecular formula is C15H21N3. The van der Waals surface area contributed by atoms with Crippen LogP contribution in [0.5, 0.6) is 0 Å². The molecule has 0 aliphatic heterocycles. The van der Waals surface area contributed by atoms with Gasteiger partial charge in [-0.2, -0.15) is 0 Å². The highest BCUT2D eigenvalue weighted by Crippen LogP contribution is 2.29. The van der Waals surface area contributed by atoms with Crippen molar-refractivity contribution >= 4 is 22.1 Å². The lowest BCUT2D eigenvalue weighted by molar-refractivity contribution is 0.377. The van der Waals surface area contributed by atoms with Gasteiger partial charge in [-0.1, -0.05) is 20.8 Å². The number of nitrogens with zero attached hydrogens (tertiary/aromatic N) is 1. The highest BCUT2D eigenvalue weighted by Gasteiger charge is 2.15. The smallest absolute Gasteiger partial charge is 0.0437 e. The van der Waals surface area contributed by atoms with Crippen LogP contribution in [-0.4, -0.2) is 11.5 Å². The number of rotatable bonds is 4. The van der Waals surface area contributed by atoms with Crippen molar-refractivity contribution < 1.29 is 0 Å². The van der Waals surface area contributed by atoms with Crippen LogP contribution in [0.3, 0.4) is 0 Å². The SMILES string of the molecule is CCC(C)(C)CNc1ccc(N)c2ccncc12. The van der Waals surface area contributed by atoms with E-state index >= 15 is 0 Å². The van der Waals surface area contributed by atoms with E-state index in [0.717, 1.165) is 35.1 Å². The Balaban J connectivity index is 2.32. The van der Waals surface area contributed by atoms with E-state index < -0.39 is 0 Å². The van der Waals surface area contributed by atoms with Crippen LogP contribution in [0.2, 0.25) is 0 Å². The lowest BCUT2D eigenvalue weighted by atomic mass is 9.90. The van der Waals surface area contributed by atoms with Crippen molar-refractivity contribution in [3.8, 4) is 0 Å². The standard InChI is InChI=1S/C15H21N3/c1-4-15(2,3)10-18-14-6-5-13(16)11-7-8-17-9-12(11)14/h5-9,18H,4,10,16H2,1-3H3. The molecule has 0 unspecified atom stereocenters. The van der Waals surface area contributed by atoms with Gasteiger partial charge in [0.1, 0.15) is 0 Å². The molecule has 0 amide bonds. The van der Waals surface area contributed by atoms with Crippen LogP contribution in [0.1, 0.15) is 27.2 Å². The van der Waals surface area contributed by atoms with Gasteiger partial charge in [0.05, 0.1) is 0 Å². The summed E-state index contributed by atoms with van der Waals surface area (Å²) in [4.78, 5) is 4.18. The van der Waals surface area contributed by atoms with E-state index in [9.17, 15) is 0 Å². The van der Waals surface area contributed by atoms with E-state index in [2.05, 4.69) is 31.1 Å². The molecule has 3 heteroatoms. The number of nitrogens with two attached hydrogens (primary N) is 1. The first-order chi connectivity index (χ1) is 8.53. The maximum atomic E-state index is 5.98. The van der Waals surface area contributed by atoms with Gasteiger partial charge in [-0.25, -0.2) is 0 Å². The van der Waals surface area contributed by atoms with E-state index in [1.165, 1.54) is 0 Å². The zero-order valence-corrected chi connectivity index (χ0v) is 11.3. The Morgan fingerprint density at radius 1 is 1.22 bits per heavy atom. The Labute approximate surface area is 108 Å². The van der Waals surface area contributed by atoms with E-state index in [1.807, 2.05) is 24.4 Å². The zero-order chi connectivity index (χ0) is 13.2. The van der Waals surface area contributed by atoms with Crippen molar-refractivity contribution in [2.24, 2.45) is 5.41 Å². The summed E-state index contributed by atoms with van der Waals surface area (Å²) in [6.45, 7) is 7.68. The van der Waals surface area contributed by atoms with Crippen molar-refractivity contribution in [1.29, 1.82) is 0 Å². The molecule has 18 heavy (non-hydrogen) atoms. The maximum absolute atomic E-state index is 5.98. The average molecular weight is 243 g/mol. The first-order valence-corrected chi connectivity index (χ1v) is 6.39. The minimum absolute atomic E-state index is 0.288. The van der Waals surface area contributed by atoms with Gasteiger partial charge in [-0.3, -0.25) is 4.98 Å². The predicted molar refractivity (Wildman–Crippen MR) is 78.7 cm³/mol. The van der Waals surface area contributed by atoms with Gasteiger partial charge in [-0.05, 0) is 30.0 Å². The van der Waals surface area contributed by atoms with Crippen molar-refractivity contribution in [3.63, 3.8) is 0 Å². The number of nitrogens with one attached hydrogen (secondary N) is 1. The molecule has 1 aromatic heterocycles. The van der Waals surface area contributed by atoms with Gasteiger partial charge in [0, 0.05) is 41.1 Å². The van der Waals surface area contributed by atoms with E-state index in [0.29, 0.717) is 0 Å². The van der Waals surface area contributed by atoms with Crippen LogP contribution < -0.4 is 11.1 Å². The Hall–Kier alpha value is -1.77. The van der Waals surface area contributed by atoms with Crippen molar-refractivity contribution in [1.82, 2.24) is 4.98 Å². The van der Waals surface area contributed by atoms with Gasteiger partial charge < -0.3 is 11.1 Å². The predicted octanol–water partition coefficient (Wildman–Crippen LogP) is 3.67. The molecular weight excluding hydrogens is 222 g/mol. The van der Waals surface area contributed by atoms with Gasteiger partial charge in [0.25, 0.3) is 0 Å². The van der Waals surface area contributed by atoms with E-state index in [4.69, 9.17) is 5.73 Å². The second-order valence-corrected chi connectivity index (χ2v) is 5.49. The van der Waals surface area contributed by atoms with Gasteiger partial charge in [0.2, 0.25) is 0 Å². The molecule has 0 fully saturated rings. The Morgan fingerprint density at radius 3 is 2.72 bits per heavy atom. The zero-order valence-electron chi connectivity index (χ0n) is 11.3. The summed E-state index contributed by atoms with van der Waals surface area (Å²) < 4.78 is 0. The van der Waals surface area contributed by atoms with Crippen molar-refractivity contribution in [2.45, 2.75) is 27.2 Å². The first-order valence-electron chi connectivity index (χ1n) is 6.39. The Bertz CT molecular complexity index is 546. The molecule has 96 valence electrons. The number of fused-ring (bicyclic) bond motifs is 1. The number of nitrogen functional groups attached to an aromatic ring is 1. The normalized spacial score (nSPS) is 11.7. The van der Waals surface area contributed by atoms with E-state index in [1.54, 1.807) is 6.20 Å². The highest BCUT2D eigenvalue weighted by atomic mass is 14.9. The van der Waals surface area contributed by atoms with Crippen LogP contribution >= 0.6 is 0 Å². The second-order valence-electron chi connectivity index (χ2n) is 5.49. The lowest BCUT2D eigenvalue weighted by Crippen LogP contribution is -2.22. The van der Waals surface area contributed by atoms with Gasteiger partial charge in [0.15, 0.2) is 0 Å². The molecule has 0 radical (unpaired) electrons. The number of anilines is 2. The Kier molecular flexibility index (Phi) is 3.41. The molecule has 3 nitrogen and oxygen atoms in total. The number of hydrogen-bond acceptors (Lipinski definition) is 3. The summed E-state index contributed by atoms with van der Waals surface area (Å²) >= 11 is 0. The molecule has 0 spiro atoms. The van der Waals surface area contributed by atoms with Crippen LogP contribution in [0.4, 0.5) is 11.4 Å². The summed E-state index contributed by atoms with van der Waals surface area (Å²) in [6.07, 6.45) is 4.79. The van der Waals surface area contributed by atoms with Crippen LogP contribution in [0, 0.1) is 5.41 Å². The third kappa shape index (κ3) is 2.55. The monoisotopic (exact) mass is 243 g/mol. The largest absolute Gasteiger partial charge is 0.398 e. The number of aromatic nitrogens is 1. The number of hydrogen-bond donors (Lipinski definition) is 2. The molecule has 2 aromatic rings. The molecule has 0 atom stereocenters.